The number of rotatable bonds is 4. The van der Waals surface area contributed by atoms with Gasteiger partial charge in [0.15, 0.2) is 0 Å². The summed E-state index contributed by atoms with van der Waals surface area (Å²) in [6.45, 7) is 6.85. The molecular weight excluding hydrogens is 265 g/mol. The van der Waals surface area contributed by atoms with Crippen molar-refractivity contribution < 1.29 is 9.13 Å². The van der Waals surface area contributed by atoms with Crippen LogP contribution in [0, 0.1) is 11.7 Å². The zero-order chi connectivity index (χ0) is 13.0. The lowest BCUT2D eigenvalue weighted by Crippen LogP contribution is -2.26. The molecule has 0 atom stereocenters. The summed E-state index contributed by atoms with van der Waals surface area (Å²) < 4.78 is 19.2. The first-order valence-corrected chi connectivity index (χ1v) is 6.79. The normalized spacial score (nSPS) is 16.2. The molecule has 1 aliphatic heterocycles. The Hall–Kier alpha value is -0.800. The van der Waals surface area contributed by atoms with E-state index in [4.69, 9.17) is 4.74 Å². The first-order chi connectivity index (χ1) is 8.65. The molecule has 0 aromatic heterocycles. The Morgan fingerprint density at radius 3 is 2.58 bits per heavy atom. The average molecular weight is 288 g/mol. The molecule has 0 radical (unpaired) electrons. The fraction of sp³-hybridized carbons (Fsp3) is 0.600. The molecule has 4 heteroatoms. The maximum absolute atomic E-state index is 13.6. The Labute approximate surface area is 121 Å². The van der Waals surface area contributed by atoms with Crippen LogP contribution in [0.15, 0.2) is 18.2 Å². The highest BCUT2D eigenvalue weighted by Crippen LogP contribution is 2.29. The topological polar surface area (TPSA) is 21.3 Å². The van der Waals surface area contributed by atoms with Crippen LogP contribution in [0.2, 0.25) is 0 Å². The van der Waals surface area contributed by atoms with E-state index < -0.39 is 0 Å². The standard InChI is InChI=1S/C15H22FNO.ClH/c1-11(2)10-18-15-8-13(7-14(16)9-15)12-3-5-17-6-4-12;/h7-9,11-12,17H,3-6,10H2,1-2H3;1H. The van der Waals surface area contributed by atoms with E-state index in [1.165, 1.54) is 6.07 Å². The molecule has 0 unspecified atom stereocenters. The van der Waals surface area contributed by atoms with E-state index in [2.05, 4.69) is 19.2 Å². The van der Waals surface area contributed by atoms with Crippen molar-refractivity contribution in [2.75, 3.05) is 19.7 Å². The van der Waals surface area contributed by atoms with Gasteiger partial charge in [0.1, 0.15) is 11.6 Å². The second-order valence-corrected chi connectivity index (χ2v) is 5.45. The van der Waals surface area contributed by atoms with Crippen LogP contribution in [-0.2, 0) is 0 Å². The van der Waals surface area contributed by atoms with Crippen LogP contribution in [0.3, 0.4) is 0 Å². The first kappa shape index (κ1) is 16.3. The van der Waals surface area contributed by atoms with Crippen molar-refractivity contribution in [3.8, 4) is 5.75 Å². The van der Waals surface area contributed by atoms with E-state index in [1.807, 2.05) is 6.07 Å². The minimum atomic E-state index is -0.190. The molecule has 0 aliphatic carbocycles. The molecule has 0 saturated carbocycles. The number of benzene rings is 1. The maximum Gasteiger partial charge on any atom is 0.127 e. The third kappa shape index (κ3) is 5.00. The van der Waals surface area contributed by atoms with E-state index >= 15 is 0 Å². The zero-order valence-corrected chi connectivity index (χ0v) is 12.4. The lowest BCUT2D eigenvalue weighted by molar-refractivity contribution is 0.269. The van der Waals surface area contributed by atoms with Crippen molar-refractivity contribution in [2.24, 2.45) is 5.92 Å². The summed E-state index contributed by atoms with van der Waals surface area (Å²) in [6, 6.07) is 5.13. The van der Waals surface area contributed by atoms with Gasteiger partial charge in [-0.05, 0) is 55.5 Å². The number of hydrogen-bond acceptors (Lipinski definition) is 2. The molecule has 1 aliphatic rings. The summed E-state index contributed by atoms with van der Waals surface area (Å²) in [5, 5.41) is 3.33. The van der Waals surface area contributed by atoms with Crippen LogP contribution < -0.4 is 10.1 Å². The average Bonchev–Trinajstić information content (AvgIpc) is 2.37. The van der Waals surface area contributed by atoms with Gasteiger partial charge in [0.25, 0.3) is 0 Å². The molecule has 1 saturated heterocycles. The smallest absolute Gasteiger partial charge is 0.127 e. The van der Waals surface area contributed by atoms with Gasteiger partial charge in [0.2, 0.25) is 0 Å². The summed E-state index contributed by atoms with van der Waals surface area (Å²) >= 11 is 0. The van der Waals surface area contributed by atoms with Gasteiger partial charge in [-0.3, -0.25) is 0 Å². The Morgan fingerprint density at radius 2 is 1.95 bits per heavy atom. The Balaban J connectivity index is 0.00000180. The van der Waals surface area contributed by atoms with E-state index in [-0.39, 0.29) is 18.2 Å². The van der Waals surface area contributed by atoms with Gasteiger partial charge >= 0.3 is 0 Å². The van der Waals surface area contributed by atoms with Crippen molar-refractivity contribution in [1.82, 2.24) is 5.32 Å². The van der Waals surface area contributed by atoms with Crippen molar-refractivity contribution in [1.29, 1.82) is 0 Å². The lowest BCUT2D eigenvalue weighted by Gasteiger charge is -2.23. The predicted octanol–water partition coefficient (Wildman–Crippen LogP) is 3.75. The summed E-state index contributed by atoms with van der Waals surface area (Å²) in [6.07, 6.45) is 2.15. The van der Waals surface area contributed by atoms with Crippen LogP contribution in [0.25, 0.3) is 0 Å². The number of hydrogen-bond donors (Lipinski definition) is 1. The van der Waals surface area contributed by atoms with Crippen LogP contribution in [0.4, 0.5) is 4.39 Å². The summed E-state index contributed by atoms with van der Waals surface area (Å²) in [5.74, 6) is 1.39. The molecule has 1 N–H and O–H groups in total. The molecule has 0 amide bonds. The molecule has 1 fully saturated rings. The van der Waals surface area contributed by atoms with Crippen molar-refractivity contribution >= 4 is 12.4 Å². The highest BCUT2D eigenvalue weighted by Gasteiger charge is 2.16. The SMILES string of the molecule is CC(C)COc1cc(F)cc(C2CCNCC2)c1.Cl. The zero-order valence-electron chi connectivity index (χ0n) is 11.6. The fourth-order valence-electron chi connectivity index (χ4n) is 2.32. The number of nitrogens with one attached hydrogen (secondary N) is 1. The third-order valence-corrected chi connectivity index (χ3v) is 3.29. The van der Waals surface area contributed by atoms with E-state index in [1.54, 1.807) is 6.07 Å². The van der Waals surface area contributed by atoms with Crippen LogP contribution in [0.1, 0.15) is 38.2 Å². The highest BCUT2D eigenvalue weighted by molar-refractivity contribution is 5.85. The number of piperidine rings is 1. The molecule has 1 aromatic carbocycles. The quantitative estimate of drug-likeness (QED) is 0.911. The summed E-state index contributed by atoms with van der Waals surface area (Å²) in [4.78, 5) is 0. The Bertz CT molecular complexity index is 392. The van der Waals surface area contributed by atoms with E-state index in [9.17, 15) is 4.39 Å². The minimum absolute atomic E-state index is 0. The Kier molecular flexibility index (Phi) is 6.59. The summed E-state index contributed by atoms with van der Waals surface area (Å²) in [7, 11) is 0. The number of ether oxygens (including phenoxy) is 1. The highest BCUT2D eigenvalue weighted by atomic mass is 35.5. The lowest BCUT2D eigenvalue weighted by atomic mass is 9.90. The number of halogens is 2. The largest absolute Gasteiger partial charge is 0.493 e. The van der Waals surface area contributed by atoms with E-state index in [0.717, 1.165) is 31.5 Å². The molecule has 1 aromatic rings. The van der Waals surface area contributed by atoms with Gasteiger partial charge < -0.3 is 10.1 Å². The van der Waals surface area contributed by atoms with Crippen molar-refractivity contribution in [3.05, 3.63) is 29.6 Å². The second-order valence-electron chi connectivity index (χ2n) is 5.45. The second kappa shape index (κ2) is 7.71. The van der Waals surface area contributed by atoms with Crippen molar-refractivity contribution in [2.45, 2.75) is 32.6 Å². The fourth-order valence-corrected chi connectivity index (χ4v) is 2.32. The minimum Gasteiger partial charge on any atom is -0.493 e. The maximum atomic E-state index is 13.6. The van der Waals surface area contributed by atoms with Gasteiger partial charge in [-0.25, -0.2) is 4.39 Å². The van der Waals surface area contributed by atoms with Gasteiger partial charge in [-0.15, -0.1) is 12.4 Å². The van der Waals surface area contributed by atoms with Crippen LogP contribution >= 0.6 is 12.4 Å². The summed E-state index contributed by atoms with van der Waals surface area (Å²) in [5.41, 5.74) is 1.08. The predicted molar refractivity (Wildman–Crippen MR) is 78.8 cm³/mol. The molecule has 2 rings (SSSR count). The van der Waals surface area contributed by atoms with Crippen LogP contribution in [0.5, 0.6) is 5.75 Å². The Morgan fingerprint density at radius 1 is 1.26 bits per heavy atom. The molecule has 19 heavy (non-hydrogen) atoms. The molecule has 0 bridgehead atoms. The first-order valence-electron chi connectivity index (χ1n) is 6.79. The van der Waals surface area contributed by atoms with Crippen LogP contribution in [-0.4, -0.2) is 19.7 Å². The molecule has 0 spiro atoms. The monoisotopic (exact) mass is 287 g/mol. The van der Waals surface area contributed by atoms with E-state index in [0.29, 0.717) is 24.2 Å². The third-order valence-electron chi connectivity index (χ3n) is 3.29. The van der Waals surface area contributed by atoms with Gasteiger partial charge in [0.05, 0.1) is 6.61 Å². The molecular formula is C15H23ClFNO. The van der Waals surface area contributed by atoms with Crippen molar-refractivity contribution in [3.63, 3.8) is 0 Å². The molecule has 1 heterocycles. The van der Waals surface area contributed by atoms with Gasteiger partial charge in [-0.1, -0.05) is 13.8 Å². The molecule has 108 valence electrons. The van der Waals surface area contributed by atoms with Gasteiger partial charge in [-0.2, -0.15) is 0 Å². The molecule has 2 nitrogen and oxygen atoms in total. The van der Waals surface area contributed by atoms with Gasteiger partial charge in [0, 0.05) is 6.07 Å².